The van der Waals surface area contributed by atoms with Gasteiger partial charge in [-0.3, -0.25) is 9.80 Å². The zero-order chi connectivity index (χ0) is 13.9. The van der Waals surface area contributed by atoms with E-state index in [0.29, 0.717) is 6.10 Å². The number of benzene rings is 1. The maximum atomic E-state index is 6.00. The fourth-order valence-electron chi connectivity index (χ4n) is 3.37. The lowest BCUT2D eigenvalue weighted by Gasteiger charge is -2.41. The van der Waals surface area contributed by atoms with Crippen molar-refractivity contribution in [2.24, 2.45) is 0 Å². The van der Waals surface area contributed by atoms with Crippen LogP contribution in [0.3, 0.4) is 0 Å². The van der Waals surface area contributed by atoms with Crippen LogP contribution < -0.4 is 4.74 Å². The van der Waals surface area contributed by atoms with Gasteiger partial charge in [0.15, 0.2) is 0 Å². The second kappa shape index (κ2) is 6.15. The van der Waals surface area contributed by atoms with E-state index in [1.165, 1.54) is 38.0 Å². The molecule has 0 radical (unpaired) electrons. The summed E-state index contributed by atoms with van der Waals surface area (Å²) in [7, 11) is 0. The highest BCUT2D eigenvalue weighted by Crippen LogP contribution is 2.22. The van der Waals surface area contributed by atoms with Crippen LogP contribution >= 0.6 is 0 Å². The number of aryl methyl sites for hydroxylation is 1. The first-order valence-electron chi connectivity index (χ1n) is 7.94. The Labute approximate surface area is 122 Å². The highest BCUT2D eigenvalue weighted by molar-refractivity contribution is 5.26. The molecule has 2 fully saturated rings. The van der Waals surface area contributed by atoms with Gasteiger partial charge in [-0.25, -0.2) is 0 Å². The molecule has 1 aromatic carbocycles. The van der Waals surface area contributed by atoms with E-state index in [9.17, 15) is 0 Å². The third kappa shape index (κ3) is 3.15. The molecular weight excluding hydrogens is 248 g/mol. The van der Waals surface area contributed by atoms with E-state index in [4.69, 9.17) is 4.74 Å². The minimum Gasteiger partial charge on any atom is -0.488 e. The van der Waals surface area contributed by atoms with Gasteiger partial charge in [0.05, 0.1) is 0 Å². The van der Waals surface area contributed by atoms with Crippen molar-refractivity contribution in [1.82, 2.24) is 9.80 Å². The Kier molecular flexibility index (Phi) is 4.27. The topological polar surface area (TPSA) is 15.7 Å². The molecule has 3 rings (SSSR count). The van der Waals surface area contributed by atoms with Gasteiger partial charge in [0.1, 0.15) is 11.9 Å². The Morgan fingerprint density at radius 2 is 1.95 bits per heavy atom. The van der Waals surface area contributed by atoms with Crippen molar-refractivity contribution in [3.05, 3.63) is 29.8 Å². The maximum Gasteiger partial charge on any atom is 0.124 e. The maximum absolute atomic E-state index is 6.00. The number of nitrogens with zero attached hydrogens (tertiary/aromatic N) is 2. The fraction of sp³-hybridized carbons (Fsp3) is 0.647. The highest BCUT2D eigenvalue weighted by Gasteiger charge is 2.33. The summed E-state index contributed by atoms with van der Waals surface area (Å²) in [5.74, 6) is 1.01. The first kappa shape index (κ1) is 13.9. The molecule has 2 heterocycles. The fourth-order valence-corrected chi connectivity index (χ4v) is 3.37. The van der Waals surface area contributed by atoms with E-state index < -0.39 is 0 Å². The molecule has 0 N–H and O–H groups in total. The summed E-state index contributed by atoms with van der Waals surface area (Å²) in [4.78, 5) is 5.16. The Morgan fingerprint density at radius 3 is 2.65 bits per heavy atom. The summed E-state index contributed by atoms with van der Waals surface area (Å²) in [6.45, 7) is 10.3. The lowest BCUT2D eigenvalue weighted by atomic mass is 10.1. The molecule has 20 heavy (non-hydrogen) atoms. The summed E-state index contributed by atoms with van der Waals surface area (Å²) in [6.07, 6.45) is 3.12. The SMILES string of the molecule is CCN1CCC[C@H]1CN1CC(Oc2ccc(C)cc2)C1. The second-order valence-electron chi connectivity index (χ2n) is 6.20. The van der Waals surface area contributed by atoms with Crippen LogP contribution in [-0.4, -0.2) is 54.7 Å². The largest absolute Gasteiger partial charge is 0.488 e. The van der Waals surface area contributed by atoms with Gasteiger partial charge in [-0.2, -0.15) is 0 Å². The van der Waals surface area contributed by atoms with Crippen LogP contribution in [0.25, 0.3) is 0 Å². The van der Waals surface area contributed by atoms with Crippen LogP contribution in [-0.2, 0) is 0 Å². The van der Waals surface area contributed by atoms with E-state index >= 15 is 0 Å². The molecule has 0 saturated carbocycles. The predicted molar refractivity (Wildman–Crippen MR) is 82.3 cm³/mol. The van der Waals surface area contributed by atoms with Crippen LogP contribution in [0.5, 0.6) is 5.75 Å². The number of likely N-dealkylation sites (tertiary alicyclic amines) is 2. The van der Waals surface area contributed by atoms with Gasteiger partial charge in [0.2, 0.25) is 0 Å². The summed E-state index contributed by atoms with van der Waals surface area (Å²) in [5, 5.41) is 0. The van der Waals surface area contributed by atoms with Crippen molar-refractivity contribution in [2.45, 2.75) is 38.8 Å². The molecule has 0 amide bonds. The van der Waals surface area contributed by atoms with Crippen molar-refractivity contribution in [3.8, 4) is 5.75 Å². The Morgan fingerprint density at radius 1 is 1.20 bits per heavy atom. The zero-order valence-corrected chi connectivity index (χ0v) is 12.7. The molecule has 0 aromatic heterocycles. The molecule has 1 aromatic rings. The minimum absolute atomic E-state index is 0.384. The average molecular weight is 274 g/mol. The molecule has 110 valence electrons. The van der Waals surface area contributed by atoms with Crippen molar-refractivity contribution < 1.29 is 4.74 Å². The summed E-state index contributed by atoms with van der Waals surface area (Å²) in [6, 6.07) is 9.16. The van der Waals surface area contributed by atoms with Gasteiger partial charge >= 0.3 is 0 Å². The highest BCUT2D eigenvalue weighted by atomic mass is 16.5. The first-order valence-corrected chi connectivity index (χ1v) is 7.94. The van der Waals surface area contributed by atoms with E-state index in [-0.39, 0.29) is 0 Å². The van der Waals surface area contributed by atoms with Crippen LogP contribution in [0.1, 0.15) is 25.3 Å². The van der Waals surface area contributed by atoms with E-state index in [2.05, 4.69) is 47.9 Å². The van der Waals surface area contributed by atoms with Gasteiger partial charge in [-0.05, 0) is 45.0 Å². The lowest BCUT2D eigenvalue weighted by Crippen LogP contribution is -2.57. The molecule has 0 bridgehead atoms. The smallest absolute Gasteiger partial charge is 0.124 e. The van der Waals surface area contributed by atoms with Crippen LogP contribution in [0.15, 0.2) is 24.3 Å². The zero-order valence-electron chi connectivity index (χ0n) is 12.7. The van der Waals surface area contributed by atoms with Crippen molar-refractivity contribution in [2.75, 3.05) is 32.7 Å². The molecule has 2 aliphatic heterocycles. The van der Waals surface area contributed by atoms with E-state index in [1.54, 1.807) is 0 Å². The molecule has 3 heteroatoms. The number of hydrogen-bond acceptors (Lipinski definition) is 3. The molecule has 0 unspecified atom stereocenters. The van der Waals surface area contributed by atoms with Gasteiger partial charge in [0, 0.05) is 25.7 Å². The molecule has 2 saturated heterocycles. The summed E-state index contributed by atoms with van der Waals surface area (Å²) in [5.41, 5.74) is 1.29. The van der Waals surface area contributed by atoms with Gasteiger partial charge < -0.3 is 4.74 Å². The second-order valence-corrected chi connectivity index (χ2v) is 6.20. The van der Waals surface area contributed by atoms with Crippen molar-refractivity contribution in [1.29, 1.82) is 0 Å². The molecule has 2 aliphatic rings. The predicted octanol–water partition coefficient (Wildman–Crippen LogP) is 2.54. The van der Waals surface area contributed by atoms with Crippen molar-refractivity contribution in [3.63, 3.8) is 0 Å². The first-order chi connectivity index (χ1) is 9.74. The summed E-state index contributed by atoms with van der Waals surface area (Å²) >= 11 is 0. The van der Waals surface area contributed by atoms with Crippen molar-refractivity contribution >= 4 is 0 Å². The standard InChI is InChI=1S/C17H26N2O/c1-3-19-10-4-5-15(19)11-18-12-17(13-18)20-16-8-6-14(2)7-9-16/h6-9,15,17H,3-5,10-13H2,1-2H3/t15-/m0/s1. The molecule has 3 nitrogen and oxygen atoms in total. The van der Waals surface area contributed by atoms with E-state index in [0.717, 1.165) is 24.9 Å². The number of ether oxygens (including phenoxy) is 1. The Balaban J connectivity index is 1.41. The molecule has 0 aliphatic carbocycles. The monoisotopic (exact) mass is 274 g/mol. The van der Waals surface area contributed by atoms with Crippen LogP contribution in [0, 0.1) is 6.92 Å². The summed E-state index contributed by atoms with van der Waals surface area (Å²) < 4.78 is 6.00. The Bertz CT molecular complexity index is 425. The van der Waals surface area contributed by atoms with Crippen LogP contribution in [0.4, 0.5) is 0 Å². The van der Waals surface area contributed by atoms with Gasteiger partial charge in [-0.15, -0.1) is 0 Å². The molecule has 1 atom stereocenters. The average Bonchev–Trinajstić information content (AvgIpc) is 2.86. The molecule has 0 spiro atoms. The number of rotatable bonds is 5. The Hall–Kier alpha value is -1.06. The van der Waals surface area contributed by atoms with E-state index in [1.807, 2.05) is 0 Å². The van der Waals surface area contributed by atoms with Gasteiger partial charge in [-0.1, -0.05) is 24.6 Å². The number of likely N-dealkylation sites (N-methyl/N-ethyl adjacent to an activating group) is 1. The minimum atomic E-state index is 0.384. The quantitative estimate of drug-likeness (QED) is 0.820. The van der Waals surface area contributed by atoms with Crippen LogP contribution in [0.2, 0.25) is 0 Å². The normalized spacial score (nSPS) is 24.8. The third-order valence-corrected chi connectivity index (χ3v) is 4.62. The number of hydrogen-bond donors (Lipinski definition) is 0. The lowest BCUT2D eigenvalue weighted by molar-refractivity contribution is 0.00624. The molecular formula is C17H26N2O. The third-order valence-electron chi connectivity index (χ3n) is 4.62. The van der Waals surface area contributed by atoms with Gasteiger partial charge in [0.25, 0.3) is 0 Å².